The lowest BCUT2D eigenvalue weighted by molar-refractivity contribution is 0.324. The first kappa shape index (κ1) is 16.7. The maximum absolute atomic E-state index is 5.44. The molecule has 0 saturated heterocycles. The summed E-state index contributed by atoms with van der Waals surface area (Å²) in [7, 11) is 6.42. The van der Waals surface area contributed by atoms with Gasteiger partial charge in [-0.2, -0.15) is 5.10 Å². The number of hydrogen-bond donors (Lipinski definition) is 1. The molecule has 130 valence electrons. The first-order chi connectivity index (χ1) is 12.2. The summed E-state index contributed by atoms with van der Waals surface area (Å²) in [4.78, 5) is 0. The highest BCUT2D eigenvalue weighted by Crippen LogP contribution is 2.42. The number of H-pyrrole nitrogens is 1. The Kier molecular flexibility index (Phi) is 4.79. The second-order valence-electron chi connectivity index (χ2n) is 5.30. The highest BCUT2D eigenvalue weighted by atomic mass is 16.5. The summed E-state index contributed by atoms with van der Waals surface area (Å²) in [6.07, 6.45) is 1.79. The molecular weight excluding hydrogens is 320 g/mol. The molecule has 0 bridgehead atoms. The lowest BCUT2D eigenvalue weighted by atomic mass is 10.0. The predicted molar refractivity (Wildman–Crippen MR) is 95.7 cm³/mol. The van der Waals surface area contributed by atoms with E-state index in [-0.39, 0.29) is 0 Å². The molecule has 0 aliphatic rings. The van der Waals surface area contributed by atoms with Crippen LogP contribution in [-0.2, 0) is 0 Å². The maximum Gasteiger partial charge on any atom is 0.203 e. The summed E-state index contributed by atoms with van der Waals surface area (Å²) in [5.41, 5.74) is 3.68. The van der Waals surface area contributed by atoms with Gasteiger partial charge in [-0.05, 0) is 29.8 Å². The number of nitrogens with one attached hydrogen (secondary N) is 1. The van der Waals surface area contributed by atoms with E-state index in [2.05, 4.69) is 10.2 Å². The summed E-state index contributed by atoms with van der Waals surface area (Å²) >= 11 is 0. The van der Waals surface area contributed by atoms with Crippen molar-refractivity contribution in [1.29, 1.82) is 0 Å². The molecule has 0 saturated carbocycles. The fourth-order valence-corrected chi connectivity index (χ4v) is 2.74. The largest absolute Gasteiger partial charge is 0.497 e. The lowest BCUT2D eigenvalue weighted by Crippen LogP contribution is -1.96. The SMILES string of the molecule is COc1cccc(-c2cn[nH]c2-c2cc(OC)c(OC)c(OC)c2)c1. The van der Waals surface area contributed by atoms with Crippen LogP contribution in [0, 0.1) is 0 Å². The minimum atomic E-state index is 0.552. The number of methoxy groups -OCH3 is 4. The van der Waals surface area contributed by atoms with Crippen molar-refractivity contribution in [3.05, 3.63) is 42.6 Å². The standard InChI is InChI=1S/C19H20N2O4/c1-22-14-7-5-6-12(8-14)15-11-20-21-18(15)13-9-16(23-2)19(25-4)17(10-13)24-3/h5-11H,1-4H3,(H,20,21). The molecule has 0 unspecified atom stereocenters. The summed E-state index contributed by atoms with van der Waals surface area (Å²) < 4.78 is 21.6. The molecular formula is C19H20N2O4. The van der Waals surface area contributed by atoms with Gasteiger partial charge in [0.1, 0.15) is 5.75 Å². The first-order valence-electron chi connectivity index (χ1n) is 7.70. The fraction of sp³-hybridized carbons (Fsp3) is 0.211. The van der Waals surface area contributed by atoms with E-state index in [0.29, 0.717) is 17.2 Å². The van der Waals surface area contributed by atoms with Crippen molar-refractivity contribution in [3.63, 3.8) is 0 Å². The Labute approximate surface area is 146 Å². The Balaban J connectivity index is 2.14. The molecule has 0 aliphatic carbocycles. The van der Waals surface area contributed by atoms with Crippen LogP contribution in [0.2, 0.25) is 0 Å². The summed E-state index contributed by atoms with van der Waals surface area (Å²) in [5.74, 6) is 2.51. The van der Waals surface area contributed by atoms with Crippen molar-refractivity contribution in [3.8, 4) is 45.4 Å². The van der Waals surface area contributed by atoms with E-state index >= 15 is 0 Å². The van der Waals surface area contributed by atoms with Crippen molar-refractivity contribution < 1.29 is 18.9 Å². The molecule has 1 N–H and O–H groups in total. The van der Waals surface area contributed by atoms with E-state index in [1.807, 2.05) is 36.4 Å². The molecule has 0 aliphatic heterocycles. The molecule has 1 aromatic heterocycles. The van der Waals surface area contributed by atoms with Gasteiger partial charge in [0, 0.05) is 11.1 Å². The normalized spacial score (nSPS) is 10.4. The van der Waals surface area contributed by atoms with Crippen LogP contribution in [0.5, 0.6) is 23.0 Å². The number of ether oxygens (including phenoxy) is 4. The van der Waals surface area contributed by atoms with Gasteiger partial charge in [-0.1, -0.05) is 12.1 Å². The number of benzene rings is 2. The second-order valence-corrected chi connectivity index (χ2v) is 5.30. The Morgan fingerprint density at radius 1 is 0.800 bits per heavy atom. The highest BCUT2D eigenvalue weighted by Gasteiger charge is 2.17. The number of hydrogen-bond acceptors (Lipinski definition) is 5. The third-order valence-corrected chi connectivity index (χ3v) is 3.97. The molecule has 6 nitrogen and oxygen atoms in total. The zero-order valence-corrected chi connectivity index (χ0v) is 14.6. The van der Waals surface area contributed by atoms with Gasteiger partial charge in [-0.3, -0.25) is 5.10 Å². The second kappa shape index (κ2) is 7.17. The Bertz CT molecular complexity index is 848. The van der Waals surface area contributed by atoms with Crippen LogP contribution in [0.1, 0.15) is 0 Å². The van der Waals surface area contributed by atoms with E-state index in [9.17, 15) is 0 Å². The summed E-state index contributed by atoms with van der Waals surface area (Å²) in [6.45, 7) is 0. The van der Waals surface area contributed by atoms with Gasteiger partial charge in [-0.15, -0.1) is 0 Å². The Hall–Kier alpha value is -3.15. The molecule has 0 atom stereocenters. The van der Waals surface area contributed by atoms with Gasteiger partial charge < -0.3 is 18.9 Å². The van der Waals surface area contributed by atoms with E-state index in [1.165, 1.54) is 0 Å². The monoisotopic (exact) mass is 340 g/mol. The van der Waals surface area contributed by atoms with Gasteiger partial charge in [0.15, 0.2) is 11.5 Å². The molecule has 0 radical (unpaired) electrons. The molecule has 1 heterocycles. The topological polar surface area (TPSA) is 65.6 Å². The van der Waals surface area contributed by atoms with Crippen molar-refractivity contribution in [2.24, 2.45) is 0 Å². The van der Waals surface area contributed by atoms with E-state index < -0.39 is 0 Å². The van der Waals surface area contributed by atoms with Gasteiger partial charge in [-0.25, -0.2) is 0 Å². The molecule has 0 fully saturated rings. The number of aromatic nitrogens is 2. The van der Waals surface area contributed by atoms with E-state index in [1.54, 1.807) is 34.6 Å². The average molecular weight is 340 g/mol. The molecule has 6 heteroatoms. The predicted octanol–water partition coefficient (Wildman–Crippen LogP) is 3.78. The summed E-state index contributed by atoms with van der Waals surface area (Å²) in [6, 6.07) is 11.6. The van der Waals surface area contributed by atoms with E-state index in [4.69, 9.17) is 18.9 Å². The Morgan fingerprint density at radius 2 is 1.52 bits per heavy atom. The van der Waals surface area contributed by atoms with Crippen LogP contribution < -0.4 is 18.9 Å². The summed E-state index contributed by atoms with van der Waals surface area (Å²) in [5, 5.41) is 7.26. The molecule has 25 heavy (non-hydrogen) atoms. The van der Waals surface area contributed by atoms with Crippen molar-refractivity contribution in [1.82, 2.24) is 10.2 Å². The number of nitrogens with zero attached hydrogens (tertiary/aromatic N) is 1. The molecule has 3 rings (SSSR count). The number of aromatic amines is 1. The van der Waals surface area contributed by atoms with Crippen LogP contribution in [0.4, 0.5) is 0 Å². The minimum absolute atomic E-state index is 0.552. The highest BCUT2D eigenvalue weighted by molar-refractivity contribution is 5.82. The lowest BCUT2D eigenvalue weighted by Gasteiger charge is -2.14. The molecule has 3 aromatic rings. The molecule has 0 spiro atoms. The van der Waals surface area contributed by atoms with Gasteiger partial charge >= 0.3 is 0 Å². The zero-order valence-electron chi connectivity index (χ0n) is 14.6. The van der Waals surface area contributed by atoms with Crippen LogP contribution in [-0.4, -0.2) is 38.6 Å². The van der Waals surface area contributed by atoms with Crippen LogP contribution in [0.15, 0.2) is 42.6 Å². The van der Waals surface area contributed by atoms with Gasteiger partial charge in [0.2, 0.25) is 5.75 Å². The smallest absolute Gasteiger partial charge is 0.203 e. The molecule has 0 amide bonds. The van der Waals surface area contributed by atoms with E-state index in [0.717, 1.165) is 28.1 Å². The average Bonchev–Trinajstić information content (AvgIpc) is 3.16. The van der Waals surface area contributed by atoms with Gasteiger partial charge in [0.05, 0.1) is 40.3 Å². The third kappa shape index (κ3) is 3.10. The Morgan fingerprint density at radius 3 is 2.12 bits per heavy atom. The van der Waals surface area contributed by atoms with Crippen LogP contribution >= 0.6 is 0 Å². The minimum Gasteiger partial charge on any atom is -0.497 e. The van der Waals surface area contributed by atoms with Crippen molar-refractivity contribution >= 4 is 0 Å². The zero-order chi connectivity index (χ0) is 17.8. The van der Waals surface area contributed by atoms with Crippen LogP contribution in [0.3, 0.4) is 0 Å². The van der Waals surface area contributed by atoms with Gasteiger partial charge in [0.25, 0.3) is 0 Å². The quantitative estimate of drug-likeness (QED) is 0.740. The fourth-order valence-electron chi connectivity index (χ4n) is 2.74. The molecule has 2 aromatic carbocycles. The number of rotatable bonds is 6. The third-order valence-electron chi connectivity index (χ3n) is 3.97. The maximum atomic E-state index is 5.44. The van der Waals surface area contributed by atoms with Crippen molar-refractivity contribution in [2.45, 2.75) is 0 Å². The first-order valence-corrected chi connectivity index (χ1v) is 7.70. The van der Waals surface area contributed by atoms with Crippen molar-refractivity contribution in [2.75, 3.05) is 28.4 Å². The van der Waals surface area contributed by atoms with Crippen LogP contribution in [0.25, 0.3) is 22.4 Å².